The van der Waals surface area contributed by atoms with Crippen LogP contribution in [0.15, 0.2) is 36.7 Å². The summed E-state index contributed by atoms with van der Waals surface area (Å²) in [5.74, 6) is 0.503. The number of methoxy groups -OCH3 is 1. The zero-order valence-electron chi connectivity index (χ0n) is 13.7. The number of nitrogens with zero attached hydrogens (tertiary/aromatic N) is 5. The first-order chi connectivity index (χ1) is 12.2. The zero-order chi connectivity index (χ0) is 17.4. The molecular formula is C17H15FN6O. The first kappa shape index (κ1) is 15.3. The van der Waals surface area contributed by atoms with Gasteiger partial charge in [0.25, 0.3) is 0 Å². The fourth-order valence-electron chi connectivity index (χ4n) is 2.81. The molecule has 0 amide bonds. The molecule has 126 valence electrons. The Morgan fingerprint density at radius 3 is 2.88 bits per heavy atom. The molecule has 2 heterocycles. The van der Waals surface area contributed by atoms with Crippen molar-refractivity contribution >= 4 is 27.8 Å². The zero-order valence-corrected chi connectivity index (χ0v) is 13.7. The molecule has 0 bridgehead atoms. The molecule has 8 heteroatoms. The third kappa shape index (κ3) is 2.61. The van der Waals surface area contributed by atoms with Gasteiger partial charge in [0, 0.05) is 19.0 Å². The highest BCUT2D eigenvalue weighted by Crippen LogP contribution is 2.26. The second-order valence-electron chi connectivity index (χ2n) is 5.59. The molecule has 0 saturated heterocycles. The Balaban J connectivity index is 1.69. The number of ether oxygens (including phenoxy) is 1. The molecule has 0 atom stereocenters. The molecule has 2 aromatic heterocycles. The monoisotopic (exact) mass is 338 g/mol. The molecule has 0 fully saturated rings. The molecule has 2 aromatic carbocycles. The van der Waals surface area contributed by atoms with E-state index >= 15 is 0 Å². The molecule has 7 nitrogen and oxygen atoms in total. The topological polar surface area (TPSA) is 77.8 Å². The lowest BCUT2D eigenvalue weighted by atomic mass is 10.2. The van der Waals surface area contributed by atoms with E-state index < -0.39 is 5.82 Å². The Labute approximate surface area is 142 Å². The number of hydrogen-bond acceptors (Lipinski definition) is 6. The van der Waals surface area contributed by atoms with Gasteiger partial charge in [0.1, 0.15) is 28.7 Å². The summed E-state index contributed by atoms with van der Waals surface area (Å²) in [6.45, 7) is 0.425. The summed E-state index contributed by atoms with van der Waals surface area (Å²) < 4.78 is 20.4. The molecule has 0 aliphatic rings. The van der Waals surface area contributed by atoms with E-state index in [2.05, 4.69) is 25.6 Å². The third-order valence-electron chi connectivity index (χ3n) is 4.05. The summed E-state index contributed by atoms with van der Waals surface area (Å²) in [5, 5.41) is 12.2. The Hall–Kier alpha value is -3.29. The van der Waals surface area contributed by atoms with Gasteiger partial charge in [-0.15, -0.1) is 5.10 Å². The molecule has 4 aromatic rings. The number of nitrogens with one attached hydrogen (secondary N) is 1. The number of halogens is 1. The SMILES string of the molecule is COc1ccc(CNc2ncnc3c2ccc2nnn(C)c23)cc1F. The van der Waals surface area contributed by atoms with Gasteiger partial charge in [0.05, 0.1) is 7.11 Å². The van der Waals surface area contributed by atoms with Gasteiger partial charge >= 0.3 is 0 Å². The summed E-state index contributed by atoms with van der Waals surface area (Å²) >= 11 is 0. The number of aryl methyl sites for hydroxylation is 1. The van der Waals surface area contributed by atoms with Crippen molar-refractivity contribution in [3.8, 4) is 5.75 Å². The molecule has 25 heavy (non-hydrogen) atoms. The number of fused-ring (bicyclic) bond motifs is 3. The van der Waals surface area contributed by atoms with Gasteiger partial charge in [-0.3, -0.25) is 0 Å². The van der Waals surface area contributed by atoms with Gasteiger partial charge in [0.15, 0.2) is 11.6 Å². The second-order valence-corrected chi connectivity index (χ2v) is 5.59. The molecule has 0 radical (unpaired) electrons. The van der Waals surface area contributed by atoms with Crippen LogP contribution < -0.4 is 10.1 Å². The number of benzene rings is 2. The quantitative estimate of drug-likeness (QED) is 0.616. The van der Waals surface area contributed by atoms with E-state index in [4.69, 9.17) is 4.74 Å². The molecule has 1 N–H and O–H groups in total. The van der Waals surface area contributed by atoms with Crippen molar-refractivity contribution in [2.24, 2.45) is 7.05 Å². The van der Waals surface area contributed by atoms with Crippen LogP contribution in [-0.2, 0) is 13.6 Å². The predicted molar refractivity (Wildman–Crippen MR) is 91.9 cm³/mol. The summed E-state index contributed by atoms with van der Waals surface area (Å²) in [7, 11) is 3.27. The largest absolute Gasteiger partial charge is 0.494 e. The molecule has 0 spiro atoms. The smallest absolute Gasteiger partial charge is 0.165 e. The Morgan fingerprint density at radius 2 is 2.08 bits per heavy atom. The van der Waals surface area contributed by atoms with E-state index in [0.29, 0.717) is 12.4 Å². The Kier molecular flexibility index (Phi) is 3.64. The molecule has 0 aliphatic carbocycles. The van der Waals surface area contributed by atoms with Crippen LogP contribution in [-0.4, -0.2) is 32.1 Å². The van der Waals surface area contributed by atoms with Crippen LogP contribution in [0, 0.1) is 5.82 Å². The first-order valence-corrected chi connectivity index (χ1v) is 7.67. The van der Waals surface area contributed by atoms with Crippen LogP contribution in [0.1, 0.15) is 5.56 Å². The lowest BCUT2D eigenvalue weighted by Crippen LogP contribution is -2.04. The molecular weight excluding hydrogens is 323 g/mol. The Morgan fingerprint density at radius 1 is 1.20 bits per heavy atom. The molecule has 0 aliphatic heterocycles. The van der Waals surface area contributed by atoms with Crippen molar-refractivity contribution in [3.63, 3.8) is 0 Å². The van der Waals surface area contributed by atoms with Crippen molar-refractivity contribution in [2.45, 2.75) is 6.54 Å². The van der Waals surface area contributed by atoms with Gasteiger partial charge in [0.2, 0.25) is 0 Å². The van der Waals surface area contributed by atoms with Crippen molar-refractivity contribution in [1.29, 1.82) is 0 Å². The minimum absolute atomic E-state index is 0.224. The lowest BCUT2D eigenvalue weighted by molar-refractivity contribution is 0.386. The van der Waals surface area contributed by atoms with Crippen LogP contribution >= 0.6 is 0 Å². The fraction of sp³-hybridized carbons (Fsp3) is 0.176. The van der Waals surface area contributed by atoms with Crippen molar-refractivity contribution in [3.05, 3.63) is 48.0 Å². The summed E-state index contributed by atoms with van der Waals surface area (Å²) in [6.07, 6.45) is 1.49. The average Bonchev–Trinajstić information content (AvgIpc) is 3.01. The van der Waals surface area contributed by atoms with Gasteiger partial charge in [-0.05, 0) is 29.8 Å². The summed E-state index contributed by atoms with van der Waals surface area (Å²) in [4.78, 5) is 8.67. The van der Waals surface area contributed by atoms with E-state index in [-0.39, 0.29) is 5.75 Å². The summed E-state index contributed by atoms with van der Waals surface area (Å²) in [6, 6.07) is 8.64. The van der Waals surface area contributed by atoms with Crippen LogP contribution in [0.5, 0.6) is 5.75 Å². The molecule has 0 saturated carbocycles. The van der Waals surface area contributed by atoms with E-state index in [1.54, 1.807) is 10.7 Å². The van der Waals surface area contributed by atoms with Crippen LogP contribution in [0.4, 0.5) is 10.2 Å². The van der Waals surface area contributed by atoms with E-state index in [1.807, 2.05) is 25.2 Å². The highest BCUT2D eigenvalue weighted by molar-refractivity contribution is 6.05. The van der Waals surface area contributed by atoms with Crippen LogP contribution in [0.25, 0.3) is 21.9 Å². The van der Waals surface area contributed by atoms with Gasteiger partial charge in [-0.2, -0.15) is 0 Å². The van der Waals surface area contributed by atoms with Crippen LogP contribution in [0.2, 0.25) is 0 Å². The van der Waals surface area contributed by atoms with Gasteiger partial charge < -0.3 is 10.1 Å². The Bertz CT molecular complexity index is 1080. The minimum atomic E-state index is -0.392. The maximum Gasteiger partial charge on any atom is 0.165 e. The average molecular weight is 338 g/mol. The lowest BCUT2D eigenvalue weighted by Gasteiger charge is -2.10. The van der Waals surface area contributed by atoms with Crippen LogP contribution in [0.3, 0.4) is 0 Å². The number of hydrogen-bond donors (Lipinski definition) is 1. The normalized spacial score (nSPS) is 11.2. The van der Waals surface area contributed by atoms with E-state index in [1.165, 1.54) is 19.5 Å². The number of anilines is 1. The maximum absolute atomic E-state index is 13.8. The minimum Gasteiger partial charge on any atom is -0.494 e. The number of rotatable bonds is 4. The molecule has 0 unspecified atom stereocenters. The first-order valence-electron chi connectivity index (χ1n) is 7.67. The summed E-state index contributed by atoms with van der Waals surface area (Å²) in [5.41, 5.74) is 3.17. The van der Waals surface area contributed by atoms with E-state index in [9.17, 15) is 4.39 Å². The molecule has 4 rings (SSSR count). The van der Waals surface area contributed by atoms with Crippen molar-refractivity contribution in [1.82, 2.24) is 25.0 Å². The second kappa shape index (κ2) is 5.97. The predicted octanol–water partition coefficient (Wildman–Crippen LogP) is 2.67. The maximum atomic E-state index is 13.8. The highest BCUT2D eigenvalue weighted by atomic mass is 19.1. The number of aromatic nitrogens is 5. The van der Waals surface area contributed by atoms with E-state index in [0.717, 1.165) is 27.5 Å². The fourth-order valence-corrected chi connectivity index (χ4v) is 2.81. The van der Waals surface area contributed by atoms with Crippen molar-refractivity contribution in [2.75, 3.05) is 12.4 Å². The van der Waals surface area contributed by atoms with Gasteiger partial charge in [-0.1, -0.05) is 11.3 Å². The third-order valence-corrected chi connectivity index (χ3v) is 4.05. The van der Waals surface area contributed by atoms with Crippen molar-refractivity contribution < 1.29 is 9.13 Å². The standard InChI is InChI=1S/C17H15FN6O/c1-24-16-13(22-23-24)5-4-11-15(16)20-9-21-17(11)19-8-10-3-6-14(25-2)12(18)7-10/h3-7,9H,8H2,1-2H3,(H,19,20,21). The highest BCUT2D eigenvalue weighted by Gasteiger charge is 2.11. The van der Waals surface area contributed by atoms with Gasteiger partial charge in [-0.25, -0.2) is 19.0 Å².